The summed E-state index contributed by atoms with van der Waals surface area (Å²) in [4.78, 5) is 23.4. The second kappa shape index (κ2) is 9.97. The van der Waals surface area contributed by atoms with Crippen LogP contribution in [0.2, 0.25) is 0 Å². The number of hydrogen-bond acceptors (Lipinski definition) is 3. The van der Waals surface area contributed by atoms with Crippen LogP contribution in [-0.4, -0.2) is 18.4 Å². The van der Waals surface area contributed by atoms with Gasteiger partial charge in [-0.3, -0.25) is 9.59 Å². The van der Waals surface area contributed by atoms with E-state index in [1.807, 2.05) is 27.7 Å². The zero-order chi connectivity index (χ0) is 16.5. The van der Waals surface area contributed by atoms with Crippen LogP contribution in [0.1, 0.15) is 80.1 Å². The Morgan fingerprint density at radius 3 is 2.14 bits per heavy atom. The molecule has 124 valence electrons. The van der Waals surface area contributed by atoms with Gasteiger partial charge >= 0.3 is 5.97 Å². The van der Waals surface area contributed by atoms with Gasteiger partial charge in [-0.05, 0) is 46.0 Å². The van der Waals surface area contributed by atoms with Crippen LogP contribution in [0.5, 0.6) is 0 Å². The van der Waals surface area contributed by atoms with Crippen molar-refractivity contribution in [2.24, 2.45) is 17.3 Å². The van der Waals surface area contributed by atoms with Gasteiger partial charge in [0.15, 0.2) is 0 Å². The standard InChI is InChI=1S/C15H26O3.C3H8/c1-5-13(16)12-8-6-7-11(9-12)10-18-14(17)15(2,3)4;1-3-2/h11-12H,5-10H2,1-4H3;3H2,1-2H3. The van der Waals surface area contributed by atoms with Crippen molar-refractivity contribution in [3.8, 4) is 0 Å². The van der Waals surface area contributed by atoms with E-state index in [0.29, 0.717) is 24.7 Å². The van der Waals surface area contributed by atoms with Gasteiger partial charge in [0.05, 0.1) is 12.0 Å². The van der Waals surface area contributed by atoms with Gasteiger partial charge in [0.1, 0.15) is 5.78 Å². The molecule has 0 heterocycles. The van der Waals surface area contributed by atoms with Crippen molar-refractivity contribution in [3.05, 3.63) is 0 Å². The third kappa shape index (κ3) is 8.23. The minimum atomic E-state index is -0.437. The number of hydrogen-bond donors (Lipinski definition) is 0. The van der Waals surface area contributed by atoms with Gasteiger partial charge in [-0.2, -0.15) is 0 Å². The molecule has 1 aliphatic rings. The Balaban J connectivity index is 0.00000122. The largest absolute Gasteiger partial charge is 0.465 e. The van der Waals surface area contributed by atoms with Gasteiger partial charge in [0.25, 0.3) is 0 Å². The Morgan fingerprint density at radius 1 is 1.10 bits per heavy atom. The first-order valence-corrected chi connectivity index (χ1v) is 8.46. The number of ketones is 1. The summed E-state index contributed by atoms with van der Waals surface area (Å²) in [5.41, 5.74) is -0.437. The molecule has 1 saturated carbocycles. The first kappa shape index (κ1) is 20.1. The van der Waals surface area contributed by atoms with Crippen LogP contribution in [-0.2, 0) is 14.3 Å². The first-order valence-electron chi connectivity index (χ1n) is 8.46. The third-order valence-electron chi connectivity index (χ3n) is 3.65. The maximum atomic E-state index is 11.7. The number of ether oxygens (including phenoxy) is 1. The Bertz CT molecular complexity index is 315. The number of carbonyl (C=O) groups is 2. The van der Waals surface area contributed by atoms with E-state index in [4.69, 9.17) is 4.74 Å². The van der Waals surface area contributed by atoms with Crippen LogP contribution in [0.4, 0.5) is 0 Å². The van der Waals surface area contributed by atoms with Crippen molar-refractivity contribution in [1.29, 1.82) is 0 Å². The topological polar surface area (TPSA) is 43.4 Å². The van der Waals surface area contributed by atoms with E-state index in [1.165, 1.54) is 6.42 Å². The molecule has 0 amide bonds. The average molecular weight is 298 g/mol. The summed E-state index contributed by atoms with van der Waals surface area (Å²) in [5, 5.41) is 0. The van der Waals surface area contributed by atoms with Gasteiger partial charge in [0.2, 0.25) is 0 Å². The van der Waals surface area contributed by atoms with E-state index in [9.17, 15) is 9.59 Å². The summed E-state index contributed by atoms with van der Waals surface area (Å²) >= 11 is 0. The van der Waals surface area contributed by atoms with E-state index in [2.05, 4.69) is 13.8 Å². The van der Waals surface area contributed by atoms with Crippen molar-refractivity contribution >= 4 is 11.8 Å². The molecule has 1 fully saturated rings. The molecular weight excluding hydrogens is 264 g/mol. The Kier molecular flexibility index (Phi) is 9.56. The molecule has 0 aliphatic heterocycles. The maximum absolute atomic E-state index is 11.7. The smallest absolute Gasteiger partial charge is 0.311 e. The number of carbonyl (C=O) groups excluding carboxylic acids is 2. The molecule has 3 heteroatoms. The monoisotopic (exact) mass is 298 g/mol. The van der Waals surface area contributed by atoms with Gasteiger partial charge in [-0.25, -0.2) is 0 Å². The molecule has 21 heavy (non-hydrogen) atoms. The normalized spacial score (nSPS) is 22.0. The minimum absolute atomic E-state index is 0.147. The maximum Gasteiger partial charge on any atom is 0.311 e. The fourth-order valence-corrected chi connectivity index (χ4v) is 2.43. The highest BCUT2D eigenvalue weighted by Gasteiger charge is 2.29. The van der Waals surface area contributed by atoms with Gasteiger partial charge in [0, 0.05) is 12.3 Å². The van der Waals surface area contributed by atoms with Crippen LogP contribution in [0, 0.1) is 17.3 Å². The van der Waals surface area contributed by atoms with Gasteiger partial charge < -0.3 is 4.74 Å². The quantitative estimate of drug-likeness (QED) is 0.702. The predicted molar refractivity (Wildman–Crippen MR) is 87.1 cm³/mol. The molecular formula is C18H34O3. The second-order valence-corrected chi connectivity index (χ2v) is 7.10. The van der Waals surface area contributed by atoms with Crippen molar-refractivity contribution in [2.45, 2.75) is 80.1 Å². The summed E-state index contributed by atoms with van der Waals surface area (Å²) in [6.45, 7) is 12.2. The van der Waals surface area contributed by atoms with Crippen LogP contribution >= 0.6 is 0 Å². The molecule has 1 aliphatic carbocycles. The molecule has 0 aromatic heterocycles. The highest BCUT2D eigenvalue weighted by atomic mass is 16.5. The summed E-state index contributed by atoms with van der Waals surface area (Å²) in [5.74, 6) is 0.779. The molecule has 0 aromatic rings. The molecule has 0 N–H and O–H groups in total. The lowest BCUT2D eigenvalue weighted by molar-refractivity contribution is -0.154. The second-order valence-electron chi connectivity index (χ2n) is 7.10. The SMILES string of the molecule is CCC.CCC(=O)C1CCCC(COC(=O)C(C)(C)C)C1. The van der Waals surface area contributed by atoms with Crippen LogP contribution in [0.25, 0.3) is 0 Å². The lowest BCUT2D eigenvalue weighted by Gasteiger charge is -2.28. The van der Waals surface area contributed by atoms with E-state index < -0.39 is 5.41 Å². The highest BCUT2D eigenvalue weighted by molar-refractivity contribution is 5.80. The van der Waals surface area contributed by atoms with Crippen molar-refractivity contribution in [3.63, 3.8) is 0 Å². The van der Waals surface area contributed by atoms with E-state index in [1.54, 1.807) is 0 Å². The summed E-state index contributed by atoms with van der Waals surface area (Å²) < 4.78 is 5.36. The van der Waals surface area contributed by atoms with E-state index >= 15 is 0 Å². The van der Waals surface area contributed by atoms with Crippen molar-refractivity contribution < 1.29 is 14.3 Å². The Morgan fingerprint density at radius 2 is 1.67 bits per heavy atom. The summed E-state index contributed by atoms with van der Waals surface area (Å²) in [7, 11) is 0. The summed E-state index contributed by atoms with van der Waals surface area (Å²) in [6, 6.07) is 0. The number of esters is 1. The molecule has 2 atom stereocenters. The highest BCUT2D eigenvalue weighted by Crippen LogP contribution is 2.31. The molecule has 0 radical (unpaired) electrons. The van der Waals surface area contributed by atoms with E-state index in [-0.39, 0.29) is 11.9 Å². The minimum Gasteiger partial charge on any atom is -0.465 e. The zero-order valence-electron chi connectivity index (χ0n) is 14.8. The predicted octanol–water partition coefficient (Wildman–Crippen LogP) is 4.78. The molecule has 3 nitrogen and oxygen atoms in total. The lowest BCUT2D eigenvalue weighted by Crippen LogP contribution is -2.29. The zero-order valence-corrected chi connectivity index (χ0v) is 14.8. The van der Waals surface area contributed by atoms with Crippen LogP contribution in [0.3, 0.4) is 0 Å². The summed E-state index contributed by atoms with van der Waals surface area (Å²) in [6.07, 6.45) is 5.93. The third-order valence-corrected chi connectivity index (χ3v) is 3.65. The first-order chi connectivity index (χ1) is 9.76. The number of Topliss-reactive ketones (excluding diaryl/α,β-unsaturated/α-hetero) is 1. The lowest BCUT2D eigenvalue weighted by atomic mass is 9.79. The van der Waals surface area contributed by atoms with Crippen molar-refractivity contribution in [1.82, 2.24) is 0 Å². The fourth-order valence-electron chi connectivity index (χ4n) is 2.43. The van der Waals surface area contributed by atoms with Gasteiger partial charge in [-0.15, -0.1) is 0 Å². The molecule has 1 rings (SSSR count). The Hall–Kier alpha value is -0.860. The Labute approximate surface area is 130 Å². The molecule has 0 spiro atoms. The fraction of sp³-hybridized carbons (Fsp3) is 0.889. The molecule has 0 saturated heterocycles. The molecule has 0 bridgehead atoms. The molecule has 2 unspecified atom stereocenters. The van der Waals surface area contributed by atoms with E-state index in [0.717, 1.165) is 25.7 Å². The van der Waals surface area contributed by atoms with Crippen molar-refractivity contribution in [2.75, 3.05) is 6.61 Å². The average Bonchev–Trinajstić information content (AvgIpc) is 2.44. The van der Waals surface area contributed by atoms with Gasteiger partial charge in [-0.1, -0.05) is 33.6 Å². The van der Waals surface area contributed by atoms with Crippen LogP contribution in [0.15, 0.2) is 0 Å². The number of rotatable bonds is 4. The molecule has 0 aromatic carbocycles. The van der Waals surface area contributed by atoms with Crippen LogP contribution < -0.4 is 0 Å².